The molecule has 3 aliphatic rings. The Morgan fingerprint density at radius 1 is 1.23 bits per heavy atom. The van der Waals surface area contributed by atoms with E-state index in [0.29, 0.717) is 44.4 Å². The molecule has 3 aliphatic heterocycles. The van der Waals surface area contributed by atoms with Gasteiger partial charge >= 0.3 is 0 Å². The summed E-state index contributed by atoms with van der Waals surface area (Å²) in [4.78, 5) is 16.7. The van der Waals surface area contributed by atoms with Crippen LogP contribution in [-0.4, -0.2) is 67.4 Å². The fourth-order valence-electron chi connectivity index (χ4n) is 3.68. The lowest BCUT2D eigenvalue weighted by Crippen LogP contribution is -2.46. The van der Waals surface area contributed by atoms with Gasteiger partial charge in [0.1, 0.15) is 0 Å². The smallest absolute Gasteiger partial charge is 0.242 e. The van der Waals surface area contributed by atoms with E-state index in [1.54, 1.807) is 0 Å². The summed E-state index contributed by atoms with van der Waals surface area (Å²) in [5, 5.41) is 7.43. The van der Waals surface area contributed by atoms with Gasteiger partial charge in [-0.2, -0.15) is 5.10 Å². The minimum Gasteiger partial charge on any atom is -0.378 e. The number of hydrogen-bond acceptors (Lipinski definition) is 5. The molecule has 1 saturated heterocycles. The average molecular weight is 375 g/mol. The Labute approximate surface area is 158 Å². The molecule has 0 N–H and O–H groups in total. The molecule has 0 atom stereocenters. The number of halogens is 1. The van der Waals surface area contributed by atoms with Crippen molar-refractivity contribution in [3.63, 3.8) is 0 Å². The number of amides is 1. The second-order valence-corrected chi connectivity index (χ2v) is 7.19. The number of carbonyl (C=O) groups is 1. The number of hydrazone groups is 1. The van der Waals surface area contributed by atoms with Crippen LogP contribution in [0.15, 0.2) is 40.6 Å². The van der Waals surface area contributed by atoms with Crippen molar-refractivity contribution >= 4 is 28.9 Å². The van der Waals surface area contributed by atoms with E-state index in [1.807, 2.05) is 34.2 Å². The van der Waals surface area contributed by atoms with E-state index in [4.69, 9.17) is 21.4 Å². The normalized spacial score (nSPS) is 20.4. The van der Waals surface area contributed by atoms with Crippen molar-refractivity contribution in [2.75, 3.05) is 50.9 Å². The third-order valence-electron chi connectivity index (χ3n) is 5.25. The SMILES string of the molecule is CC1=C2CN(c3ccccc3Cl)N=C2CCN1CC(=O)N1CCOCC1. The number of rotatable bonds is 3. The minimum absolute atomic E-state index is 0.176. The highest BCUT2D eigenvalue weighted by atomic mass is 35.5. The molecule has 1 aromatic carbocycles. The Balaban J connectivity index is 1.49. The van der Waals surface area contributed by atoms with Gasteiger partial charge in [-0.25, -0.2) is 0 Å². The minimum atomic E-state index is 0.176. The van der Waals surface area contributed by atoms with Crippen molar-refractivity contribution < 1.29 is 9.53 Å². The van der Waals surface area contributed by atoms with Gasteiger partial charge in [0.25, 0.3) is 0 Å². The molecule has 138 valence electrons. The first-order valence-electron chi connectivity index (χ1n) is 9.03. The number of ether oxygens (including phenoxy) is 1. The van der Waals surface area contributed by atoms with Crippen LogP contribution in [0.2, 0.25) is 5.02 Å². The first kappa shape index (κ1) is 17.4. The predicted molar refractivity (Wildman–Crippen MR) is 103 cm³/mol. The van der Waals surface area contributed by atoms with E-state index in [2.05, 4.69) is 11.8 Å². The highest BCUT2D eigenvalue weighted by Gasteiger charge is 2.31. The Morgan fingerprint density at radius 3 is 2.77 bits per heavy atom. The van der Waals surface area contributed by atoms with Gasteiger partial charge in [-0.15, -0.1) is 0 Å². The molecule has 0 bridgehead atoms. The molecule has 3 heterocycles. The number of benzene rings is 1. The van der Waals surface area contributed by atoms with E-state index in [9.17, 15) is 4.79 Å². The van der Waals surface area contributed by atoms with Gasteiger partial charge in [-0.1, -0.05) is 23.7 Å². The van der Waals surface area contributed by atoms with Crippen LogP contribution in [-0.2, 0) is 9.53 Å². The van der Waals surface area contributed by atoms with Crippen LogP contribution in [0.4, 0.5) is 5.69 Å². The molecule has 6 nitrogen and oxygen atoms in total. The summed E-state index contributed by atoms with van der Waals surface area (Å²) in [6.07, 6.45) is 0.851. The lowest BCUT2D eigenvalue weighted by Gasteiger charge is -2.34. The van der Waals surface area contributed by atoms with Gasteiger partial charge in [0.15, 0.2) is 0 Å². The highest BCUT2D eigenvalue weighted by Crippen LogP contribution is 2.33. The number of morpholine rings is 1. The van der Waals surface area contributed by atoms with Crippen molar-refractivity contribution in [1.82, 2.24) is 9.80 Å². The van der Waals surface area contributed by atoms with E-state index in [0.717, 1.165) is 30.1 Å². The van der Waals surface area contributed by atoms with Crippen LogP contribution in [0.3, 0.4) is 0 Å². The lowest BCUT2D eigenvalue weighted by molar-refractivity contribution is -0.136. The molecular formula is C19H23ClN4O2. The zero-order chi connectivity index (χ0) is 18.1. The summed E-state index contributed by atoms with van der Waals surface area (Å²) in [5.41, 5.74) is 4.39. The van der Waals surface area contributed by atoms with E-state index in [1.165, 1.54) is 5.57 Å². The van der Waals surface area contributed by atoms with Crippen LogP contribution in [0.5, 0.6) is 0 Å². The van der Waals surface area contributed by atoms with Crippen LogP contribution in [0, 0.1) is 0 Å². The first-order valence-corrected chi connectivity index (χ1v) is 9.41. The molecule has 4 rings (SSSR count). The molecule has 1 amide bonds. The Bertz CT molecular complexity index is 771. The molecule has 0 unspecified atom stereocenters. The van der Waals surface area contributed by atoms with Crippen LogP contribution >= 0.6 is 11.6 Å². The highest BCUT2D eigenvalue weighted by molar-refractivity contribution is 6.33. The first-order chi connectivity index (χ1) is 12.6. The van der Waals surface area contributed by atoms with Gasteiger partial charge in [-0.05, 0) is 19.1 Å². The summed E-state index contributed by atoms with van der Waals surface area (Å²) in [6.45, 7) is 6.69. The molecule has 0 spiro atoms. The maximum absolute atomic E-state index is 12.6. The van der Waals surface area contributed by atoms with Crippen molar-refractivity contribution in [3.8, 4) is 0 Å². The topological polar surface area (TPSA) is 48.4 Å². The number of anilines is 1. The summed E-state index contributed by atoms with van der Waals surface area (Å²) >= 11 is 6.32. The third kappa shape index (κ3) is 3.31. The van der Waals surface area contributed by atoms with Crippen molar-refractivity contribution in [3.05, 3.63) is 40.6 Å². The molecule has 0 aliphatic carbocycles. The Hall–Kier alpha value is -2.05. The zero-order valence-electron chi connectivity index (χ0n) is 14.9. The third-order valence-corrected chi connectivity index (χ3v) is 5.57. The second kappa shape index (κ2) is 7.29. The Morgan fingerprint density at radius 2 is 2.00 bits per heavy atom. The van der Waals surface area contributed by atoms with Gasteiger partial charge < -0.3 is 14.5 Å². The molecule has 7 heteroatoms. The molecule has 26 heavy (non-hydrogen) atoms. The monoisotopic (exact) mass is 374 g/mol. The van der Waals surface area contributed by atoms with Crippen LogP contribution in [0.1, 0.15) is 13.3 Å². The lowest BCUT2D eigenvalue weighted by atomic mass is 10.0. The average Bonchev–Trinajstić information content (AvgIpc) is 3.10. The van der Waals surface area contributed by atoms with Gasteiger partial charge in [-0.3, -0.25) is 9.80 Å². The predicted octanol–water partition coefficient (Wildman–Crippen LogP) is 2.35. The van der Waals surface area contributed by atoms with Crippen molar-refractivity contribution in [2.24, 2.45) is 5.10 Å². The second-order valence-electron chi connectivity index (χ2n) is 6.78. The van der Waals surface area contributed by atoms with Gasteiger partial charge in [0.05, 0.1) is 42.7 Å². The van der Waals surface area contributed by atoms with Crippen molar-refractivity contribution in [1.29, 1.82) is 0 Å². The van der Waals surface area contributed by atoms with Crippen LogP contribution < -0.4 is 5.01 Å². The maximum Gasteiger partial charge on any atom is 0.242 e. The Kier molecular flexibility index (Phi) is 4.87. The number of allylic oxidation sites excluding steroid dienone is 1. The number of hydrogen-bond donors (Lipinski definition) is 0. The fourth-order valence-corrected chi connectivity index (χ4v) is 3.91. The standard InChI is InChI=1S/C19H23ClN4O2/c1-14-15-12-24(18-5-3-2-4-16(18)20)21-17(15)6-7-23(14)13-19(25)22-8-10-26-11-9-22/h2-5H,6-13H2,1H3. The summed E-state index contributed by atoms with van der Waals surface area (Å²) < 4.78 is 5.33. The largest absolute Gasteiger partial charge is 0.378 e. The number of carbonyl (C=O) groups excluding carboxylic acids is 1. The number of para-hydroxylation sites is 1. The quantitative estimate of drug-likeness (QED) is 0.815. The number of nitrogens with zero attached hydrogens (tertiary/aromatic N) is 4. The van der Waals surface area contributed by atoms with E-state index >= 15 is 0 Å². The summed E-state index contributed by atoms with van der Waals surface area (Å²) in [7, 11) is 0. The maximum atomic E-state index is 12.6. The molecular weight excluding hydrogens is 352 g/mol. The molecule has 0 saturated carbocycles. The van der Waals surface area contributed by atoms with E-state index in [-0.39, 0.29) is 5.91 Å². The van der Waals surface area contributed by atoms with Gasteiger partial charge in [0.2, 0.25) is 5.91 Å². The van der Waals surface area contributed by atoms with E-state index < -0.39 is 0 Å². The zero-order valence-corrected chi connectivity index (χ0v) is 15.7. The molecule has 0 aromatic heterocycles. The molecule has 1 aromatic rings. The molecule has 0 radical (unpaired) electrons. The fraction of sp³-hybridized carbons (Fsp3) is 0.474. The summed E-state index contributed by atoms with van der Waals surface area (Å²) in [6, 6.07) is 7.76. The number of fused-ring (bicyclic) bond motifs is 1. The molecule has 1 fully saturated rings. The van der Waals surface area contributed by atoms with Crippen LogP contribution in [0.25, 0.3) is 0 Å². The van der Waals surface area contributed by atoms with Gasteiger partial charge in [0, 0.05) is 37.3 Å². The summed E-state index contributed by atoms with van der Waals surface area (Å²) in [5.74, 6) is 0.176. The van der Waals surface area contributed by atoms with Crippen molar-refractivity contribution in [2.45, 2.75) is 13.3 Å².